The Morgan fingerprint density at radius 1 is 1.47 bits per heavy atom. The molecule has 2 rings (SSSR count). The molecule has 84 valence electrons. The second-order valence-electron chi connectivity index (χ2n) is 4.74. The lowest BCUT2D eigenvalue weighted by atomic mass is 9.89. The summed E-state index contributed by atoms with van der Waals surface area (Å²) >= 11 is 0. The van der Waals surface area contributed by atoms with E-state index in [1.165, 1.54) is 12.0 Å². The Kier molecular flexibility index (Phi) is 2.98. The van der Waals surface area contributed by atoms with Gasteiger partial charge in [0.25, 0.3) is 0 Å². The van der Waals surface area contributed by atoms with Gasteiger partial charge in [0, 0.05) is 18.5 Å². The van der Waals surface area contributed by atoms with Gasteiger partial charge >= 0.3 is 6.09 Å². The van der Waals surface area contributed by atoms with Crippen molar-refractivity contribution in [1.29, 1.82) is 0 Å². The van der Waals surface area contributed by atoms with Gasteiger partial charge in [-0.2, -0.15) is 0 Å². The van der Waals surface area contributed by atoms with Crippen LogP contribution in [0, 0.1) is 5.92 Å². The number of allylic oxidation sites excluding steroid dienone is 1. The van der Waals surface area contributed by atoms with Crippen LogP contribution in [0.15, 0.2) is 11.6 Å². The minimum Gasteiger partial charge on any atom is -0.449 e. The standard InChI is InChI=1S/C12H19NO2/c1-9(2)7-10-8-15-12(14)13-6-4-3-5-11(10)13/h7,10-11H,3-6,8H2,1-2H3/t10-,11+/m1/s1. The molecule has 2 heterocycles. The SMILES string of the molecule is CC(C)=C[C@@H]1COC(=O)N2CCCC[C@@H]12. The molecular formula is C12H19NO2. The molecule has 0 unspecified atom stereocenters. The highest BCUT2D eigenvalue weighted by Gasteiger charge is 2.37. The second kappa shape index (κ2) is 4.25. The van der Waals surface area contributed by atoms with Crippen LogP contribution in [0.4, 0.5) is 4.79 Å². The van der Waals surface area contributed by atoms with Crippen molar-refractivity contribution in [3.63, 3.8) is 0 Å². The summed E-state index contributed by atoms with van der Waals surface area (Å²) in [5.41, 5.74) is 1.31. The van der Waals surface area contributed by atoms with E-state index in [9.17, 15) is 4.79 Å². The number of carbonyl (C=O) groups excluding carboxylic acids is 1. The summed E-state index contributed by atoms with van der Waals surface area (Å²) in [5.74, 6) is 0.396. The molecule has 0 N–H and O–H groups in total. The average Bonchev–Trinajstić information content (AvgIpc) is 2.22. The van der Waals surface area contributed by atoms with E-state index in [2.05, 4.69) is 19.9 Å². The minimum atomic E-state index is -0.113. The summed E-state index contributed by atoms with van der Waals surface area (Å²) in [6.45, 7) is 5.63. The van der Waals surface area contributed by atoms with Gasteiger partial charge in [0.2, 0.25) is 0 Å². The predicted octanol–water partition coefficient (Wildman–Crippen LogP) is 2.57. The van der Waals surface area contributed by atoms with Crippen LogP contribution < -0.4 is 0 Å². The Morgan fingerprint density at radius 2 is 2.27 bits per heavy atom. The maximum atomic E-state index is 11.5. The molecule has 0 spiro atoms. The molecule has 0 aromatic carbocycles. The Bertz CT molecular complexity index is 281. The van der Waals surface area contributed by atoms with Crippen molar-refractivity contribution >= 4 is 6.09 Å². The number of hydrogen-bond acceptors (Lipinski definition) is 2. The molecule has 0 aromatic rings. The zero-order valence-electron chi connectivity index (χ0n) is 9.53. The van der Waals surface area contributed by atoms with Crippen LogP contribution in [-0.2, 0) is 4.74 Å². The van der Waals surface area contributed by atoms with E-state index < -0.39 is 0 Å². The van der Waals surface area contributed by atoms with Crippen molar-refractivity contribution in [3.8, 4) is 0 Å². The zero-order chi connectivity index (χ0) is 10.8. The fourth-order valence-corrected chi connectivity index (χ4v) is 2.58. The van der Waals surface area contributed by atoms with E-state index in [0.29, 0.717) is 18.6 Å². The van der Waals surface area contributed by atoms with Crippen LogP contribution in [0.5, 0.6) is 0 Å². The normalized spacial score (nSPS) is 30.5. The third-order valence-electron chi connectivity index (χ3n) is 3.22. The number of cyclic esters (lactones) is 1. The highest BCUT2D eigenvalue weighted by molar-refractivity contribution is 5.69. The maximum Gasteiger partial charge on any atom is 0.410 e. The van der Waals surface area contributed by atoms with Gasteiger partial charge in [-0.25, -0.2) is 4.79 Å². The van der Waals surface area contributed by atoms with Crippen LogP contribution in [0.1, 0.15) is 33.1 Å². The molecule has 0 bridgehead atoms. The molecule has 1 amide bonds. The van der Waals surface area contributed by atoms with E-state index >= 15 is 0 Å². The van der Waals surface area contributed by atoms with E-state index in [1.807, 2.05) is 4.90 Å². The number of carbonyl (C=O) groups is 1. The Morgan fingerprint density at radius 3 is 3.00 bits per heavy atom. The summed E-state index contributed by atoms with van der Waals surface area (Å²) in [4.78, 5) is 13.5. The zero-order valence-corrected chi connectivity index (χ0v) is 9.53. The molecule has 2 atom stereocenters. The van der Waals surface area contributed by atoms with E-state index in [1.54, 1.807) is 0 Å². The van der Waals surface area contributed by atoms with Gasteiger partial charge in [-0.1, -0.05) is 11.6 Å². The monoisotopic (exact) mass is 209 g/mol. The highest BCUT2D eigenvalue weighted by Crippen LogP contribution is 2.29. The molecule has 2 aliphatic heterocycles. The van der Waals surface area contributed by atoms with Gasteiger partial charge < -0.3 is 9.64 Å². The number of hydrogen-bond donors (Lipinski definition) is 0. The number of nitrogens with zero attached hydrogens (tertiary/aromatic N) is 1. The number of fused-ring (bicyclic) bond motifs is 1. The lowest BCUT2D eigenvalue weighted by molar-refractivity contribution is 0.00684. The van der Waals surface area contributed by atoms with Gasteiger partial charge in [0.1, 0.15) is 6.61 Å². The van der Waals surface area contributed by atoms with Gasteiger partial charge in [-0.3, -0.25) is 0 Å². The molecule has 0 radical (unpaired) electrons. The van der Waals surface area contributed by atoms with Crippen molar-refractivity contribution < 1.29 is 9.53 Å². The van der Waals surface area contributed by atoms with Gasteiger partial charge in [0.15, 0.2) is 0 Å². The summed E-state index contributed by atoms with van der Waals surface area (Å²) in [6, 6.07) is 0.384. The third-order valence-corrected chi connectivity index (χ3v) is 3.22. The topological polar surface area (TPSA) is 29.5 Å². The molecule has 3 nitrogen and oxygen atoms in total. The molecule has 0 aromatic heterocycles. The predicted molar refractivity (Wildman–Crippen MR) is 58.6 cm³/mol. The minimum absolute atomic E-state index is 0.113. The Hall–Kier alpha value is -0.990. The van der Waals surface area contributed by atoms with Crippen molar-refractivity contribution in [1.82, 2.24) is 4.90 Å². The van der Waals surface area contributed by atoms with Gasteiger partial charge in [-0.15, -0.1) is 0 Å². The molecule has 3 heteroatoms. The number of piperidine rings is 1. The lowest BCUT2D eigenvalue weighted by Crippen LogP contribution is -2.52. The van der Waals surface area contributed by atoms with Crippen LogP contribution in [-0.4, -0.2) is 30.2 Å². The van der Waals surface area contributed by atoms with E-state index in [0.717, 1.165) is 19.4 Å². The first-order valence-electron chi connectivity index (χ1n) is 5.77. The molecule has 0 saturated carbocycles. The quantitative estimate of drug-likeness (QED) is 0.621. The largest absolute Gasteiger partial charge is 0.449 e. The smallest absolute Gasteiger partial charge is 0.410 e. The molecule has 2 fully saturated rings. The number of ether oxygens (including phenoxy) is 1. The number of amides is 1. The van der Waals surface area contributed by atoms with Crippen molar-refractivity contribution in [3.05, 3.63) is 11.6 Å². The summed E-state index contributed by atoms with van der Waals surface area (Å²) in [6.07, 6.45) is 5.62. The van der Waals surface area contributed by atoms with Crippen molar-refractivity contribution in [2.45, 2.75) is 39.2 Å². The fourth-order valence-electron chi connectivity index (χ4n) is 2.58. The summed E-state index contributed by atoms with van der Waals surface area (Å²) in [7, 11) is 0. The molecule has 15 heavy (non-hydrogen) atoms. The molecule has 2 saturated heterocycles. The van der Waals surface area contributed by atoms with Crippen molar-refractivity contribution in [2.24, 2.45) is 5.92 Å². The maximum absolute atomic E-state index is 11.5. The van der Waals surface area contributed by atoms with E-state index in [4.69, 9.17) is 4.74 Å². The summed E-state index contributed by atoms with van der Waals surface area (Å²) < 4.78 is 5.20. The molecular weight excluding hydrogens is 190 g/mol. The highest BCUT2D eigenvalue weighted by atomic mass is 16.6. The second-order valence-corrected chi connectivity index (χ2v) is 4.74. The first-order valence-corrected chi connectivity index (χ1v) is 5.77. The van der Waals surface area contributed by atoms with E-state index in [-0.39, 0.29) is 6.09 Å². The summed E-state index contributed by atoms with van der Waals surface area (Å²) in [5, 5.41) is 0. The Labute approximate surface area is 91.1 Å². The third kappa shape index (κ3) is 2.16. The van der Waals surface area contributed by atoms with Crippen LogP contribution >= 0.6 is 0 Å². The first-order chi connectivity index (χ1) is 7.18. The fraction of sp³-hybridized carbons (Fsp3) is 0.750. The Balaban J connectivity index is 2.13. The first kappa shape index (κ1) is 10.5. The molecule has 0 aliphatic carbocycles. The van der Waals surface area contributed by atoms with Crippen LogP contribution in [0.3, 0.4) is 0 Å². The average molecular weight is 209 g/mol. The van der Waals surface area contributed by atoms with Crippen LogP contribution in [0.2, 0.25) is 0 Å². The lowest BCUT2D eigenvalue weighted by Gasteiger charge is -2.42. The molecule has 2 aliphatic rings. The van der Waals surface area contributed by atoms with Crippen molar-refractivity contribution in [2.75, 3.05) is 13.2 Å². The van der Waals surface area contributed by atoms with Gasteiger partial charge in [-0.05, 0) is 33.1 Å². The van der Waals surface area contributed by atoms with Gasteiger partial charge in [0.05, 0.1) is 0 Å². The number of rotatable bonds is 1. The van der Waals surface area contributed by atoms with Crippen LogP contribution in [0.25, 0.3) is 0 Å².